The fourth-order valence-corrected chi connectivity index (χ4v) is 3.90. The van der Waals surface area contributed by atoms with Crippen molar-refractivity contribution in [1.82, 2.24) is 4.98 Å². The van der Waals surface area contributed by atoms with Crippen LogP contribution in [0.2, 0.25) is 0 Å². The topological polar surface area (TPSA) is 24.9 Å². The van der Waals surface area contributed by atoms with E-state index in [1.54, 1.807) is 11.3 Å². The van der Waals surface area contributed by atoms with Crippen LogP contribution in [0.5, 0.6) is 0 Å². The maximum atomic E-state index is 4.57. The third-order valence-corrected chi connectivity index (χ3v) is 5.12. The highest BCUT2D eigenvalue weighted by atomic mass is 32.2. The first-order chi connectivity index (χ1) is 7.81. The number of rotatable bonds is 4. The van der Waals surface area contributed by atoms with Crippen LogP contribution in [0.1, 0.15) is 38.3 Å². The van der Waals surface area contributed by atoms with Crippen molar-refractivity contribution in [2.24, 2.45) is 0 Å². The molecule has 0 saturated heterocycles. The Bertz CT molecular complexity index is 325. The standard InChI is InChI=1S/C12H20N2S2/c1-3-9-8-16-12(13-9)14-10-5-4-6-11(7-10)15-2/h8,10-11H,3-7H2,1-2H3,(H,13,14). The number of aryl methyl sites for hydroxylation is 1. The smallest absolute Gasteiger partial charge is 0.183 e. The molecule has 2 rings (SSSR count). The number of aromatic nitrogens is 1. The second-order valence-corrected chi connectivity index (χ2v) is 6.36. The number of anilines is 1. The molecule has 0 aliphatic heterocycles. The van der Waals surface area contributed by atoms with Gasteiger partial charge in [-0.15, -0.1) is 11.3 Å². The molecule has 0 radical (unpaired) electrons. The molecule has 1 saturated carbocycles. The van der Waals surface area contributed by atoms with Crippen LogP contribution in [-0.4, -0.2) is 22.5 Å². The summed E-state index contributed by atoms with van der Waals surface area (Å²) in [5.74, 6) is 0. The largest absolute Gasteiger partial charge is 0.359 e. The molecule has 1 heterocycles. The van der Waals surface area contributed by atoms with Crippen molar-refractivity contribution < 1.29 is 0 Å². The van der Waals surface area contributed by atoms with Crippen molar-refractivity contribution >= 4 is 28.2 Å². The first kappa shape index (κ1) is 12.2. The van der Waals surface area contributed by atoms with Gasteiger partial charge in [0.05, 0.1) is 5.69 Å². The van der Waals surface area contributed by atoms with Crippen molar-refractivity contribution in [3.8, 4) is 0 Å². The third kappa shape index (κ3) is 3.14. The minimum absolute atomic E-state index is 0.641. The summed E-state index contributed by atoms with van der Waals surface area (Å²) < 4.78 is 0. The van der Waals surface area contributed by atoms with Gasteiger partial charge >= 0.3 is 0 Å². The van der Waals surface area contributed by atoms with Crippen molar-refractivity contribution in [2.75, 3.05) is 11.6 Å². The summed E-state index contributed by atoms with van der Waals surface area (Å²) in [6.07, 6.45) is 8.61. The van der Waals surface area contributed by atoms with Gasteiger partial charge in [-0.2, -0.15) is 11.8 Å². The van der Waals surface area contributed by atoms with Crippen LogP contribution in [0.25, 0.3) is 0 Å². The molecule has 2 unspecified atom stereocenters. The Morgan fingerprint density at radius 1 is 1.56 bits per heavy atom. The first-order valence-corrected chi connectivity index (χ1v) is 8.22. The van der Waals surface area contributed by atoms with Crippen LogP contribution in [0, 0.1) is 0 Å². The lowest BCUT2D eigenvalue weighted by atomic mass is 9.95. The fourth-order valence-electron chi connectivity index (χ4n) is 2.20. The molecule has 4 heteroatoms. The summed E-state index contributed by atoms with van der Waals surface area (Å²) in [7, 11) is 0. The Balaban J connectivity index is 1.88. The average Bonchev–Trinajstić information content (AvgIpc) is 2.77. The summed E-state index contributed by atoms with van der Waals surface area (Å²) in [5, 5.41) is 7.72. The zero-order chi connectivity index (χ0) is 11.4. The summed E-state index contributed by atoms with van der Waals surface area (Å²) >= 11 is 3.76. The van der Waals surface area contributed by atoms with Crippen LogP contribution in [0.3, 0.4) is 0 Å². The van der Waals surface area contributed by atoms with Crippen molar-refractivity contribution in [2.45, 2.75) is 50.3 Å². The molecule has 0 spiro atoms. The zero-order valence-corrected chi connectivity index (χ0v) is 11.7. The van der Waals surface area contributed by atoms with E-state index in [0.29, 0.717) is 6.04 Å². The van der Waals surface area contributed by atoms with Gasteiger partial charge in [0.2, 0.25) is 0 Å². The number of nitrogens with one attached hydrogen (secondary N) is 1. The highest BCUT2D eigenvalue weighted by molar-refractivity contribution is 7.99. The number of thioether (sulfide) groups is 1. The Labute approximate surface area is 106 Å². The van der Waals surface area contributed by atoms with Gasteiger partial charge in [-0.05, 0) is 31.9 Å². The van der Waals surface area contributed by atoms with Gasteiger partial charge in [0.1, 0.15) is 0 Å². The maximum absolute atomic E-state index is 4.57. The molecule has 0 bridgehead atoms. The molecule has 16 heavy (non-hydrogen) atoms. The Hall–Kier alpha value is -0.220. The Morgan fingerprint density at radius 3 is 3.12 bits per heavy atom. The predicted octanol–water partition coefficient (Wildman–Crippen LogP) is 3.79. The fraction of sp³-hybridized carbons (Fsp3) is 0.750. The SMILES string of the molecule is CCc1csc(NC2CCCC(SC)C2)n1. The van der Waals surface area contributed by atoms with Gasteiger partial charge in [0, 0.05) is 16.7 Å². The highest BCUT2D eigenvalue weighted by Gasteiger charge is 2.21. The second kappa shape index (κ2) is 5.92. The quantitative estimate of drug-likeness (QED) is 0.887. The van der Waals surface area contributed by atoms with Crippen LogP contribution in [0.4, 0.5) is 5.13 Å². The summed E-state index contributed by atoms with van der Waals surface area (Å²) in [6, 6.07) is 0.641. The van der Waals surface area contributed by atoms with Gasteiger partial charge in [0.25, 0.3) is 0 Å². The number of hydrogen-bond donors (Lipinski definition) is 1. The van der Waals surface area contributed by atoms with Crippen LogP contribution < -0.4 is 5.32 Å². The van der Waals surface area contributed by atoms with Crippen molar-refractivity contribution in [3.05, 3.63) is 11.1 Å². The monoisotopic (exact) mass is 256 g/mol. The molecule has 1 fully saturated rings. The molecule has 2 nitrogen and oxygen atoms in total. The highest BCUT2D eigenvalue weighted by Crippen LogP contribution is 2.29. The van der Waals surface area contributed by atoms with E-state index in [2.05, 4.69) is 28.9 Å². The molecular formula is C12H20N2S2. The second-order valence-electron chi connectivity index (χ2n) is 4.36. The lowest BCUT2D eigenvalue weighted by Gasteiger charge is -2.28. The average molecular weight is 256 g/mol. The zero-order valence-electron chi connectivity index (χ0n) is 10.0. The van der Waals surface area contributed by atoms with E-state index in [0.717, 1.165) is 16.8 Å². The lowest BCUT2D eigenvalue weighted by Crippen LogP contribution is -2.28. The van der Waals surface area contributed by atoms with Crippen LogP contribution in [0.15, 0.2) is 5.38 Å². The first-order valence-electron chi connectivity index (χ1n) is 6.05. The lowest BCUT2D eigenvalue weighted by molar-refractivity contribution is 0.473. The minimum Gasteiger partial charge on any atom is -0.359 e. The molecule has 1 aliphatic rings. The van der Waals surface area contributed by atoms with E-state index in [-0.39, 0.29) is 0 Å². The molecule has 0 aromatic carbocycles. The molecule has 90 valence electrons. The third-order valence-electron chi connectivity index (χ3n) is 3.20. The van der Waals surface area contributed by atoms with Gasteiger partial charge < -0.3 is 5.32 Å². The molecule has 2 atom stereocenters. The minimum atomic E-state index is 0.641. The summed E-state index contributed by atoms with van der Waals surface area (Å²) in [5.41, 5.74) is 1.21. The van der Waals surface area contributed by atoms with Crippen LogP contribution >= 0.6 is 23.1 Å². The normalized spacial score (nSPS) is 25.6. The molecule has 1 N–H and O–H groups in total. The van der Waals surface area contributed by atoms with E-state index in [1.807, 2.05) is 11.8 Å². The van der Waals surface area contributed by atoms with E-state index in [4.69, 9.17) is 0 Å². The Kier molecular flexibility index (Phi) is 4.53. The maximum Gasteiger partial charge on any atom is 0.183 e. The van der Waals surface area contributed by atoms with Gasteiger partial charge in [-0.25, -0.2) is 4.98 Å². The van der Waals surface area contributed by atoms with Crippen molar-refractivity contribution in [1.29, 1.82) is 0 Å². The molecule has 1 aromatic rings. The van der Waals surface area contributed by atoms with E-state index in [1.165, 1.54) is 31.4 Å². The van der Waals surface area contributed by atoms with Gasteiger partial charge in [-0.1, -0.05) is 13.3 Å². The van der Waals surface area contributed by atoms with Gasteiger partial charge in [0.15, 0.2) is 5.13 Å². The Morgan fingerprint density at radius 2 is 2.44 bits per heavy atom. The van der Waals surface area contributed by atoms with E-state index in [9.17, 15) is 0 Å². The number of hydrogen-bond acceptors (Lipinski definition) is 4. The van der Waals surface area contributed by atoms with Crippen molar-refractivity contribution in [3.63, 3.8) is 0 Å². The molecule has 1 aromatic heterocycles. The summed E-state index contributed by atoms with van der Waals surface area (Å²) in [6.45, 7) is 2.16. The molecular weight excluding hydrogens is 236 g/mol. The molecule has 0 amide bonds. The van der Waals surface area contributed by atoms with Gasteiger partial charge in [-0.3, -0.25) is 0 Å². The van der Waals surface area contributed by atoms with Crippen LogP contribution in [-0.2, 0) is 6.42 Å². The van der Waals surface area contributed by atoms with E-state index < -0.39 is 0 Å². The predicted molar refractivity (Wildman–Crippen MR) is 74.7 cm³/mol. The summed E-state index contributed by atoms with van der Waals surface area (Å²) in [4.78, 5) is 4.57. The number of nitrogens with zero attached hydrogens (tertiary/aromatic N) is 1. The number of thiazole rings is 1. The van der Waals surface area contributed by atoms with E-state index >= 15 is 0 Å². The molecule has 1 aliphatic carbocycles.